The van der Waals surface area contributed by atoms with Gasteiger partial charge in [-0.1, -0.05) is 12.6 Å². The summed E-state index contributed by atoms with van der Waals surface area (Å²) in [7, 11) is -0.417. The Kier molecular flexibility index (Phi) is 3.97. The molecule has 0 aliphatic carbocycles. The fraction of sp³-hybridized carbons (Fsp3) is 0.556. The molecule has 1 aromatic carbocycles. The third-order valence-corrected chi connectivity index (χ3v) is 5.11. The van der Waals surface area contributed by atoms with Gasteiger partial charge in [-0.25, -0.2) is 0 Å². The second kappa shape index (κ2) is 6.01. The molecule has 0 bridgehead atoms. The number of hydrogen-bond donors (Lipinski definition) is 0. The van der Waals surface area contributed by atoms with E-state index in [4.69, 9.17) is 18.8 Å². The van der Waals surface area contributed by atoms with Gasteiger partial charge in [0.15, 0.2) is 0 Å². The summed E-state index contributed by atoms with van der Waals surface area (Å²) in [5.41, 5.74) is 1.66. The van der Waals surface area contributed by atoms with Gasteiger partial charge < -0.3 is 23.7 Å². The Hall–Kier alpha value is -1.66. The first-order chi connectivity index (χ1) is 11.5. The van der Waals surface area contributed by atoms with Crippen molar-refractivity contribution in [2.75, 3.05) is 31.3 Å². The second-order valence-corrected chi connectivity index (χ2v) is 7.11. The molecule has 0 atom stereocenters. The van der Waals surface area contributed by atoms with E-state index in [-0.39, 0.29) is 0 Å². The van der Waals surface area contributed by atoms with Crippen LogP contribution in [0.1, 0.15) is 26.7 Å². The van der Waals surface area contributed by atoms with E-state index in [2.05, 4.69) is 23.6 Å². The third-order valence-electron chi connectivity index (χ3n) is 5.11. The van der Waals surface area contributed by atoms with E-state index in [1.165, 1.54) is 0 Å². The maximum Gasteiger partial charge on any atom is 0.563 e. The molecule has 24 heavy (non-hydrogen) atoms. The van der Waals surface area contributed by atoms with Gasteiger partial charge in [-0.2, -0.15) is 0 Å². The Morgan fingerprint density at radius 2 is 2.00 bits per heavy atom. The topological polar surface area (TPSA) is 40.2 Å². The largest absolute Gasteiger partial charge is 0.563 e. The number of rotatable bonds is 2. The van der Waals surface area contributed by atoms with Crippen molar-refractivity contribution in [3.05, 3.63) is 30.5 Å². The number of anilines is 1. The summed E-state index contributed by atoms with van der Waals surface area (Å²) in [6.07, 6.45) is 2.15. The second-order valence-electron chi connectivity index (χ2n) is 7.11. The van der Waals surface area contributed by atoms with Crippen LogP contribution in [0.4, 0.5) is 5.69 Å². The predicted octanol–water partition coefficient (Wildman–Crippen LogP) is 2.10. The van der Waals surface area contributed by atoms with Crippen LogP contribution >= 0.6 is 0 Å². The number of fused-ring (bicyclic) bond motifs is 1. The van der Waals surface area contributed by atoms with Gasteiger partial charge in [-0.3, -0.25) is 0 Å². The highest BCUT2D eigenvalue weighted by Gasteiger charge is 2.43. The van der Waals surface area contributed by atoms with E-state index in [0.29, 0.717) is 18.4 Å². The van der Waals surface area contributed by atoms with Crippen molar-refractivity contribution in [1.29, 1.82) is 0 Å². The zero-order valence-electron chi connectivity index (χ0n) is 14.4. The molecule has 2 saturated heterocycles. The lowest BCUT2D eigenvalue weighted by Crippen LogP contribution is -2.44. The summed E-state index contributed by atoms with van der Waals surface area (Å²) in [5, 5.41) is 0. The fourth-order valence-electron chi connectivity index (χ4n) is 3.55. The first kappa shape index (κ1) is 15.8. The van der Waals surface area contributed by atoms with Gasteiger partial charge in [0, 0.05) is 24.7 Å². The molecule has 3 heterocycles. The highest BCUT2D eigenvalue weighted by molar-refractivity contribution is 6.62. The normalized spacial score (nSPS) is 23.7. The van der Waals surface area contributed by atoms with Crippen molar-refractivity contribution in [3.63, 3.8) is 0 Å². The highest BCUT2D eigenvalue weighted by Crippen LogP contribution is 2.35. The molecule has 4 rings (SSSR count). The maximum atomic E-state index is 5.97. The summed E-state index contributed by atoms with van der Waals surface area (Å²) < 4.78 is 23.2. The Bertz CT molecular complexity index is 642. The molecule has 2 fully saturated rings. The van der Waals surface area contributed by atoms with Crippen LogP contribution in [0.3, 0.4) is 0 Å². The van der Waals surface area contributed by atoms with Crippen molar-refractivity contribution < 1.29 is 18.8 Å². The quantitative estimate of drug-likeness (QED) is 0.777. The molecular formula is C18H24BNO4. The van der Waals surface area contributed by atoms with Crippen LogP contribution in [0.5, 0.6) is 5.75 Å². The fourth-order valence-corrected chi connectivity index (χ4v) is 3.55. The van der Waals surface area contributed by atoms with Gasteiger partial charge in [0.25, 0.3) is 0 Å². The predicted molar refractivity (Wildman–Crippen MR) is 93.9 cm³/mol. The molecule has 0 spiro atoms. The van der Waals surface area contributed by atoms with Crippen molar-refractivity contribution in [3.8, 4) is 5.75 Å². The minimum Gasteiger partial charge on any atom is -0.534 e. The smallest absolute Gasteiger partial charge is 0.534 e. The minimum atomic E-state index is -0.463. The highest BCUT2D eigenvalue weighted by atomic mass is 16.7. The molecule has 0 unspecified atom stereocenters. The van der Waals surface area contributed by atoms with Gasteiger partial charge in [0.05, 0.1) is 18.0 Å². The van der Waals surface area contributed by atoms with Crippen LogP contribution in [0.15, 0.2) is 30.5 Å². The SMILES string of the molecule is C=C1OB(c2ccc3c(c2)OCCN3C2CCOCC2)OC1(C)C. The zero-order chi connectivity index (χ0) is 16.7. The molecule has 3 aliphatic heterocycles. The van der Waals surface area contributed by atoms with E-state index < -0.39 is 12.7 Å². The van der Waals surface area contributed by atoms with Gasteiger partial charge in [-0.05, 0) is 38.8 Å². The van der Waals surface area contributed by atoms with E-state index in [1.807, 2.05) is 19.9 Å². The Balaban J connectivity index is 1.58. The Labute approximate surface area is 143 Å². The van der Waals surface area contributed by atoms with Gasteiger partial charge in [0.2, 0.25) is 0 Å². The summed E-state index contributed by atoms with van der Waals surface area (Å²) >= 11 is 0. The lowest BCUT2D eigenvalue weighted by Gasteiger charge is -2.39. The van der Waals surface area contributed by atoms with Gasteiger partial charge in [0.1, 0.15) is 18.0 Å². The van der Waals surface area contributed by atoms with Gasteiger partial charge in [-0.15, -0.1) is 0 Å². The first-order valence-electron chi connectivity index (χ1n) is 8.69. The molecule has 0 N–H and O–H groups in total. The van der Waals surface area contributed by atoms with Crippen molar-refractivity contribution >= 4 is 18.3 Å². The maximum absolute atomic E-state index is 5.97. The lowest BCUT2D eigenvalue weighted by molar-refractivity contribution is 0.0828. The molecule has 0 saturated carbocycles. The molecule has 6 heteroatoms. The standard InChI is InChI=1S/C18H24BNO4/c1-13-18(2,3)24-19(23-13)14-4-5-16-17(12-14)22-11-8-20(16)15-6-9-21-10-7-15/h4-5,12,15H,1,6-11H2,2-3H3. The summed E-state index contributed by atoms with van der Waals surface area (Å²) in [4.78, 5) is 2.46. The van der Waals surface area contributed by atoms with E-state index >= 15 is 0 Å². The van der Waals surface area contributed by atoms with E-state index in [0.717, 1.165) is 49.5 Å². The zero-order valence-corrected chi connectivity index (χ0v) is 14.4. The molecular weight excluding hydrogens is 305 g/mol. The average Bonchev–Trinajstić information content (AvgIpc) is 2.88. The van der Waals surface area contributed by atoms with Crippen LogP contribution in [0, 0.1) is 0 Å². The molecule has 0 amide bonds. The van der Waals surface area contributed by atoms with Crippen LogP contribution in [-0.2, 0) is 14.0 Å². The van der Waals surface area contributed by atoms with E-state index in [1.54, 1.807) is 0 Å². The molecule has 0 aromatic heterocycles. The number of nitrogens with zero attached hydrogens (tertiary/aromatic N) is 1. The monoisotopic (exact) mass is 329 g/mol. The number of benzene rings is 1. The van der Waals surface area contributed by atoms with Crippen molar-refractivity contribution in [2.45, 2.75) is 38.3 Å². The number of ether oxygens (including phenoxy) is 2. The third kappa shape index (κ3) is 2.78. The summed E-state index contributed by atoms with van der Waals surface area (Å²) in [6, 6.07) is 6.77. The molecule has 3 aliphatic rings. The number of hydrogen-bond acceptors (Lipinski definition) is 5. The molecule has 5 nitrogen and oxygen atoms in total. The van der Waals surface area contributed by atoms with Crippen LogP contribution in [0.2, 0.25) is 0 Å². The van der Waals surface area contributed by atoms with E-state index in [9.17, 15) is 0 Å². The lowest BCUT2D eigenvalue weighted by atomic mass is 9.79. The van der Waals surface area contributed by atoms with Gasteiger partial charge >= 0.3 is 7.12 Å². The molecule has 128 valence electrons. The summed E-state index contributed by atoms with van der Waals surface area (Å²) in [5.74, 6) is 1.57. The van der Waals surface area contributed by atoms with Crippen LogP contribution in [-0.4, -0.2) is 45.1 Å². The van der Waals surface area contributed by atoms with Crippen LogP contribution in [0.25, 0.3) is 0 Å². The molecule has 1 aromatic rings. The first-order valence-corrected chi connectivity index (χ1v) is 8.69. The Morgan fingerprint density at radius 3 is 2.71 bits per heavy atom. The van der Waals surface area contributed by atoms with Crippen LogP contribution < -0.4 is 15.1 Å². The average molecular weight is 329 g/mol. The Morgan fingerprint density at radius 1 is 1.21 bits per heavy atom. The minimum absolute atomic E-state index is 0.417. The van der Waals surface area contributed by atoms with Crippen molar-refractivity contribution in [2.24, 2.45) is 0 Å². The van der Waals surface area contributed by atoms with Crippen molar-refractivity contribution in [1.82, 2.24) is 0 Å². The summed E-state index contributed by atoms with van der Waals surface area (Å²) in [6.45, 7) is 11.2. The molecule has 0 radical (unpaired) electrons.